The summed E-state index contributed by atoms with van der Waals surface area (Å²) in [5.74, 6) is -0.564. The number of non-ortho nitro benzene ring substituents is 1. The van der Waals surface area contributed by atoms with Crippen LogP contribution in [0.15, 0.2) is 29.4 Å². The van der Waals surface area contributed by atoms with Crippen molar-refractivity contribution in [3.8, 4) is 0 Å². The Morgan fingerprint density at radius 1 is 0.966 bits per heavy atom. The van der Waals surface area contributed by atoms with E-state index in [0.29, 0.717) is 12.0 Å². The van der Waals surface area contributed by atoms with E-state index in [1.807, 2.05) is 0 Å². The summed E-state index contributed by atoms with van der Waals surface area (Å²) < 4.78 is 0. The highest BCUT2D eigenvalue weighted by Gasteiger charge is 2.05. The zero-order valence-corrected chi connectivity index (χ0v) is 17.2. The maximum absolute atomic E-state index is 11.8. The van der Waals surface area contributed by atoms with Gasteiger partial charge in [0.2, 0.25) is 5.91 Å². The van der Waals surface area contributed by atoms with Crippen molar-refractivity contribution in [3.05, 3.63) is 39.9 Å². The van der Waals surface area contributed by atoms with E-state index in [4.69, 9.17) is 0 Å². The molecule has 2 N–H and O–H groups in total. The van der Waals surface area contributed by atoms with Crippen LogP contribution in [0.4, 0.5) is 5.69 Å². The first-order valence-electron chi connectivity index (χ1n) is 10.4. The third-order valence-corrected chi connectivity index (χ3v) is 4.46. The molecule has 0 atom stereocenters. The Hall–Kier alpha value is -2.77. The first-order valence-corrected chi connectivity index (χ1v) is 10.4. The average molecular weight is 405 g/mol. The molecule has 0 aliphatic rings. The highest BCUT2D eigenvalue weighted by atomic mass is 16.6. The van der Waals surface area contributed by atoms with E-state index in [9.17, 15) is 19.7 Å². The quantitative estimate of drug-likeness (QED) is 0.198. The summed E-state index contributed by atoms with van der Waals surface area (Å²) in [6, 6.07) is 5.77. The Kier molecular flexibility index (Phi) is 12.7. The highest BCUT2D eigenvalue weighted by Crippen LogP contribution is 2.11. The molecule has 8 heteroatoms. The van der Waals surface area contributed by atoms with Crippen LogP contribution in [0.3, 0.4) is 0 Å². The lowest BCUT2D eigenvalue weighted by Crippen LogP contribution is -2.34. The normalized spacial score (nSPS) is 10.8. The second kappa shape index (κ2) is 15.2. The lowest BCUT2D eigenvalue weighted by Gasteiger charge is -2.04. The minimum atomic E-state index is -0.486. The molecule has 0 fully saturated rings. The molecule has 0 saturated carbocycles. The predicted molar refractivity (Wildman–Crippen MR) is 114 cm³/mol. The molecule has 0 aliphatic heterocycles. The third-order valence-electron chi connectivity index (χ3n) is 4.46. The molecule has 0 bridgehead atoms. The number of carbonyl (C=O) groups excluding carboxylic acids is 2. The van der Waals surface area contributed by atoms with Crippen LogP contribution in [0.1, 0.15) is 76.7 Å². The molecule has 0 radical (unpaired) electrons. The van der Waals surface area contributed by atoms with E-state index < -0.39 is 10.8 Å². The Labute approximate surface area is 172 Å². The van der Waals surface area contributed by atoms with E-state index in [1.165, 1.54) is 69.0 Å². The van der Waals surface area contributed by atoms with E-state index in [0.717, 1.165) is 19.3 Å². The van der Waals surface area contributed by atoms with Crippen molar-refractivity contribution >= 4 is 23.7 Å². The first-order chi connectivity index (χ1) is 14.0. The third kappa shape index (κ3) is 12.3. The van der Waals surface area contributed by atoms with Gasteiger partial charge in [0.15, 0.2) is 0 Å². The van der Waals surface area contributed by atoms with Crippen molar-refractivity contribution < 1.29 is 14.5 Å². The van der Waals surface area contributed by atoms with Gasteiger partial charge in [-0.2, -0.15) is 5.10 Å². The molecule has 0 aliphatic carbocycles. The van der Waals surface area contributed by atoms with Crippen molar-refractivity contribution in [2.24, 2.45) is 5.10 Å². The summed E-state index contributed by atoms with van der Waals surface area (Å²) >= 11 is 0. The van der Waals surface area contributed by atoms with Crippen LogP contribution < -0.4 is 10.7 Å². The van der Waals surface area contributed by atoms with Crippen LogP contribution in [0.2, 0.25) is 0 Å². The number of benzene rings is 1. The van der Waals surface area contributed by atoms with Gasteiger partial charge in [0.05, 0.1) is 17.7 Å². The molecule has 0 saturated heterocycles. The average Bonchev–Trinajstić information content (AvgIpc) is 2.71. The number of unbranched alkanes of at least 4 members (excludes halogenated alkanes) is 8. The second-order valence-electron chi connectivity index (χ2n) is 7.00. The van der Waals surface area contributed by atoms with E-state index >= 15 is 0 Å². The lowest BCUT2D eigenvalue weighted by molar-refractivity contribution is -0.384. The monoisotopic (exact) mass is 404 g/mol. The maximum Gasteiger partial charge on any atom is 0.269 e. The molecule has 8 nitrogen and oxygen atoms in total. The van der Waals surface area contributed by atoms with Crippen LogP contribution in [-0.4, -0.2) is 29.5 Å². The molecule has 29 heavy (non-hydrogen) atoms. The van der Waals surface area contributed by atoms with Gasteiger partial charge in [0.1, 0.15) is 0 Å². The Morgan fingerprint density at radius 3 is 2.14 bits per heavy atom. The number of carbonyl (C=O) groups is 2. The van der Waals surface area contributed by atoms with Gasteiger partial charge in [0, 0.05) is 18.6 Å². The molecule has 0 heterocycles. The van der Waals surface area contributed by atoms with Gasteiger partial charge in [0.25, 0.3) is 11.6 Å². The van der Waals surface area contributed by atoms with Crippen LogP contribution in [-0.2, 0) is 9.59 Å². The minimum Gasteiger partial charge on any atom is -0.347 e. The van der Waals surface area contributed by atoms with E-state index in [2.05, 4.69) is 22.8 Å². The number of nitrogens with zero attached hydrogens (tertiary/aromatic N) is 2. The Bertz CT molecular complexity index is 659. The molecule has 0 unspecified atom stereocenters. The van der Waals surface area contributed by atoms with Crippen LogP contribution in [0, 0.1) is 10.1 Å². The first kappa shape index (κ1) is 24.3. The van der Waals surface area contributed by atoms with Gasteiger partial charge in [-0.1, -0.05) is 58.3 Å². The maximum atomic E-state index is 11.8. The summed E-state index contributed by atoms with van der Waals surface area (Å²) in [6.45, 7) is 2.08. The number of hydrazone groups is 1. The Balaban J connectivity index is 2.07. The molecule has 2 amide bonds. The zero-order valence-electron chi connectivity index (χ0n) is 17.2. The van der Waals surface area contributed by atoms with E-state index in [1.54, 1.807) is 0 Å². The van der Waals surface area contributed by atoms with Gasteiger partial charge in [-0.15, -0.1) is 0 Å². The largest absolute Gasteiger partial charge is 0.347 e. The van der Waals surface area contributed by atoms with Gasteiger partial charge >= 0.3 is 0 Å². The summed E-state index contributed by atoms with van der Waals surface area (Å²) in [5, 5.41) is 16.9. The van der Waals surface area contributed by atoms with Gasteiger partial charge in [-0.05, 0) is 24.1 Å². The summed E-state index contributed by atoms with van der Waals surface area (Å²) in [6.07, 6.45) is 12.5. The molecule has 1 rings (SSSR count). The molecule has 1 aromatic carbocycles. The van der Waals surface area contributed by atoms with Crippen molar-refractivity contribution in [2.75, 3.05) is 6.54 Å². The topological polar surface area (TPSA) is 114 Å². The minimum absolute atomic E-state index is 0.0131. The van der Waals surface area contributed by atoms with Crippen LogP contribution in [0.25, 0.3) is 0 Å². The number of hydrogen-bond acceptors (Lipinski definition) is 5. The molecule has 0 spiro atoms. The fourth-order valence-corrected chi connectivity index (χ4v) is 2.76. The number of nitro benzene ring substituents is 1. The fraction of sp³-hybridized carbons (Fsp3) is 0.571. The summed E-state index contributed by atoms with van der Waals surface area (Å²) in [5.41, 5.74) is 2.91. The van der Waals surface area contributed by atoms with Gasteiger partial charge < -0.3 is 5.32 Å². The molecular formula is C21H32N4O4. The predicted octanol–water partition coefficient (Wildman–Crippen LogP) is 4.08. The van der Waals surface area contributed by atoms with Gasteiger partial charge in [-0.3, -0.25) is 19.7 Å². The summed E-state index contributed by atoms with van der Waals surface area (Å²) in [4.78, 5) is 33.5. The SMILES string of the molecule is CCCCCCCCCCCC(=O)NCC(=O)NN=Cc1ccc([N+](=O)[O-])cc1. The van der Waals surface area contributed by atoms with E-state index in [-0.39, 0.29) is 18.1 Å². The van der Waals surface area contributed by atoms with Crippen LogP contribution >= 0.6 is 0 Å². The Morgan fingerprint density at radius 2 is 1.55 bits per heavy atom. The zero-order chi connectivity index (χ0) is 21.3. The molecule has 0 aromatic heterocycles. The summed E-state index contributed by atoms with van der Waals surface area (Å²) in [7, 11) is 0. The molecular weight excluding hydrogens is 372 g/mol. The highest BCUT2D eigenvalue weighted by molar-refractivity contribution is 5.86. The van der Waals surface area contributed by atoms with Crippen molar-refractivity contribution in [2.45, 2.75) is 71.1 Å². The number of nitrogens with one attached hydrogen (secondary N) is 2. The second-order valence-corrected chi connectivity index (χ2v) is 7.00. The number of rotatable bonds is 15. The fourth-order valence-electron chi connectivity index (χ4n) is 2.76. The van der Waals surface area contributed by atoms with Crippen molar-refractivity contribution in [3.63, 3.8) is 0 Å². The smallest absolute Gasteiger partial charge is 0.269 e. The van der Waals surface area contributed by atoms with Crippen molar-refractivity contribution in [1.29, 1.82) is 0 Å². The van der Waals surface area contributed by atoms with Crippen molar-refractivity contribution in [1.82, 2.24) is 10.7 Å². The number of nitro groups is 1. The lowest BCUT2D eigenvalue weighted by atomic mass is 10.1. The number of hydrogen-bond donors (Lipinski definition) is 2. The molecule has 1 aromatic rings. The molecule has 160 valence electrons. The number of amides is 2. The standard InChI is InChI=1S/C21H32N4O4/c1-2-3-4-5-6-7-8-9-10-11-20(26)22-17-21(27)24-23-16-18-12-14-19(15-13-18)25(28)29/h12-16H,2-11,17H2,1H3,(H,22,26)(H,24,27). The van der Waals surface area contributed by atoms with Gasteiger partial charge in [-0.25, -0.2) is 5.43 Å². The van der Waals surface area contributed by atoms with Crippen LogP contribution in [0.5, 0.6) is 0 Å².